The molecule has 1 aromatic heterocycles. The van der Waals surface area contributed by atoms with Crippen LogP contribution in [0.1, 0.15) is 30.5 Å². The standard InChI is InChI=1S/C23H33N5S/c1-5-19-8-10-20(11-9-19)18-29-22-21(7-6-12-26-22)17-27-13-15-28(16-14-27)23(2,24-3)25-4/h6-12,25H,3,5,13-18H2,1-2,4H3. The van der Waals surface area contributed by atoms with Gasteiger partial charge in [-0.25, -0.2) is 4.98 Å². The van der Waals surface area contributed by atoms with Gasteiger partial charge in [0.15, 0.2) is 5.79 Å². The number of pyridine rings is 1. The summed E-state index contributed by atoms with van der Waals surface area (Å²) in [4.78, 5) is 13.8. The van der Waals surface area contributed by atoms with Crippen LogP contribution < -0.4 is 5.32 Å². The predicted molar refractivity (Wildman–Crippen MR) is 123 cm³/mol. The van der Waals surface area contributed by atoms with Crippen LogP contribution in [0.5, 0.6) is 0 Å². The predicted octanol–water partition coefficient (Wildman–Crippen LogP) is 3.65. The van der Waals surface area contributed by atoms with Crippen molar-refractivity contribution in [3.05, 3.63) is 59.3 Å². The molecule has 1 aromatic carbocycles. The second-order valence-corrected chi connectivity index (χ2v) is 8.58. The highest BCUT2D eigenvalue weighted by Gasteiger charge is 2.31. The fourth-order valence-corrected chi connectivity index (χ4v) is 4.57. The van der Waals surface area contributed by atoms with Gasteiger partial charge >= 0.3 is 0 Å². The number of hydrogen-bond donors (Lipinski definition) is 1. The molecule has 3 rings (SSSR count). The first-order chi connectivity index (χ1) is 14.1. The van der Waals surface area contributed by atoms with Crippen LogP contribution in [0.15, 0.2) is 52.6 Å². The molecule has 5 nitrogen and oxygen atoms in total. The van der Waals surface area contributed by atoms with E-state index in [1.165, 1.54) is 16.7 Å². The minimum Gasteiger partial charge on any atom is -0.296 e. The third-order valence-electron chi connectivity index (χ3n) is 5.82. The van der Waals surface area contributed by atoms with Gasteiger partial charge in [-0.2, -0.15) is 0 Å². The van der Waals surface area contributed by atoms with E-state index in [2.05, 4.69) is 76.0 Å². The first-order valence-electron chi connectivity index (χ1n) is 10.4. The molecular weight excluding hydrogens is 378 g/mol. The number of nitrogens with one attached hydrogen (secondary N) is 1. The average Bonchev–Trinajstić information content (AvgIpc) is 2.79. The summed E-state index contributed by atoms with van der Waals surface area (Å²) in [6.07, 6.45) is 2.99. The number of rotatable bonds is 9. The number of nitrogens with zero attached hydrogens (tertiary/aromatic N) is 4. The monoisotopic (exact) mass is 411 g/mol. The molecular formula is C23H33N5S. The van der Waals surface area contributed by atoms with Crippen LogP contribution in [0.2, 0.25) is 0 Å². The summed E-state index contributed by atoms with van der Waals surface area (Å²) in [5.74, 6) is 0.571. The lowest BCUT2D eigenvalue weighted by molar-refractivity contribution is 0.0286. The Bertz CT molecular complexity index is 786. The van der Waals surface area contributed by atoms with Crippen molar-refractivity contribution < 1.29 is 0 Å². The average molecular weight is 412 g/mol. The topological polar surface area (TPSA) is 43.8 Å². The molecule has 1 aliphatic rings. The molecule has 1 N–H and O–H groups in total. The Morgan fingerprint density at radius 3 is 2.45 bits per heavy atom. The molecule has 1 unspecified atom stereocenters. The summed E-state index contributed by atoms with van der Waals surface area (Å²) in [6, 6.07) is 13.2. The van der Waals surface area contributed by atoms with Crippen molar-refractivity contribution in [2.45, 2.75) is 43.4 Å². The molecule has 0 aliphatic carbocycles. The fraction of sp³-hybridized carbons (Fsp3) is 0.478. The largest absolute Gasteiger partial charge is 0.296 e. The van der Waals surface area contributed by atoms with Crippen LogP contribution in [-0.2, 0) is 18.7 Å². The molecule has 1 atom stereocenters. The molecule has 2 heterocycles. The van der Waals surface area contributed by atoms with E-state index < -0.39 is 0 Å². The van der Waals surface area contributed by atoms with Gasteiger partial charge in [-0.3, -0.25) is 20.1 Å². The van der Waals surface area contributed by atoms with Gasteiger partial charge in [-0.05, 0) is 49.9 Å². The zero-order valence-corrected chi connectivity index (χ0v) is 18.7. The van der Waals surface area contributed by atoms with E-state index in [9.17, 15) is 0 Å². The Morgan fingerprint density at radius 2 is 1.83 bits per heavy atom. The maximum atomic E-state index is 4.67. The van der Waals surface area contributed by atoms with Gasteiger partial charge in [0.25, 0.3) is 0 Å². The van der Waals surface area contributed by atoms with Gasteiger partial charge in [0.1, 0.15) is 5.03 Å². The quantitative estimate of drug-likeness (QED) is 0.504. The molecule has 156 valence electrons. The fourth-order valence-electron chi connectivity index (χ4n) is 3.62. The molecule has 6 heteroatoms. The molecule has 1 fully saturated rings. The minimum absolute atomic E-state index is 0.380. The normalized spacial score (nSPS) is 17.8. The smallest absolute Gasteiger partial charge is 0.163 e. The third-order valence-corrected chi connectivity index (χ3v) is 6.94. The van der Waals surface area contributed by atoms with E-state index in [1.807, 2.05) is 31.1 Å². The first kappa shape index (κ1) is 22.0. The number of hydrogen-bond acceptors (Lipinski definition) is 6. The Labute approximate surface area is 179 Å². The summed E-state index contributed by atoms with van der Waals surface area (Å²) in [6.45, 7) is 13.0. The van der Waals surface area contributed by atoms with Crippen LogP contribution in [0, 0.1) is 0 Å². The number of aromatic nitrogens is 1. The van der Waals surface area contributed by atoms with Crippen LogP contribution in [0.3, 0.4) is 0 Å². The summed E-state index contributed by atoms with van der Waals surface area (Å²) in [5, 5.41) is 4.42. The molecule has 0 saturated carbocycles. The van der Waals surface area contributed by atoms with Gasteiger partial charge in [-0.15, -0.1) is 11.8 Å². The van der Waals surface area contributed by atoms with Crippen molar-refractivity contribution in [2.24, 2.45) is 4.99 Å². The van der Waals surface area contributed by atoms with E-state index in [0.717, 1.165) is 49.9 Å². The molecule has 0 spiro atoms. The van der Waals surface area contributed by atoms with E-state index >= 15 is 0 Å². The zero-order chi connectivity index (χ0) is 20.7. The van der Waals surface area contributed by atoms with Gasteiger partial charge < -0.3 is 0 Å². The third kappa shape index (κ3) is 5.66. The highest BCUT2D eigenvalue weighted by molar-refractivity contribution is 7.98. The molecule has 29 heavy (non-hydrogen) atoms. The van der Waals surface area contributed by atoms with Gasteiger partial charge in [0, 0.05) is 44.7 Å². The van der Waals surface area contributed by atoms with E-state index in [0.29, 0.717) is 0 Å². The van der Waals surface area contributed by atoms with E-state index in [4.69, 9.17) is 0 Å². The number of thioether (sulfide) groups is 1. The lowest BCUT2D eigenvalue weighted by atomic mass is 10.1. The SMILES string of the molecule is C=NC(C)(NC)N1CCN(Cc2cccnc2SCc2ccc(CC)cc2)CC1. The van der Waals surface area contributed by atoms with Crippen molar-refractivity contribution in [1.29, 1.82) is 0 Å². The van der Waals surface area contributed by atoms with Crippen LogP contribution in [0.4, 0.5) is 0 Å². The Kier molecular flexibility index (Phi) is 7.84. The maximum absolute atomic E-state index is 4.67. The van der Waals surface area contributed by atoms with E-state index in [-0.39, 0.29) is 5.79 Å². The maximum Gasteiger partial charge on any atom is 0.163 e. The minimum atomic E-state index is -0.380. The molecule has 1 aliphatic heterocycles. The van der Waals surface area contributed by atoms with Crippen LogP contribution in [-0.4, -0.2) is 60.5 Å². The lowest BCUT2D eigenvalue weighted by Crippen LogP contribution is -2.60. The molecule has 0 bridgehead atoms. The Morgan fingerprint density at radius 1 is 1.14 bits per heavy atom. The molecule has 0 amide bonds. The second kappa shape index (κ2) is 10.3. The summed E-state index contributed by atoms with van der Waals surface area (Å²) >= 11 is 1.83. The summed E-state index contributed by atoms with van der Waals surface area (Å²) < 4.78 is 0. The van der Waals surface area contributed by atoms with Crippen molar-refractivity contribution >= 4 is 18.5 Å². The lowest BCUT2D eigenvalue weighted by Gasteiger charge is -2.43. The van der Waals surface area contributed by atoms with Gasteiger partial charge in [0.2, 0.25) is 0 Å². The number of benzene rings is 1. The van der Waals surface area contributed by atoms with Crippen molar-refractivity contribution in [3.63, 3.8) is 0 Å². The number of aryl methyl sites for hydroxylation is 1. The Balaban J connectivity index is 1.57. The molecule has 0 radical (unpaired) electrons. The molecule has 2 aromatic rings. The van der Waals surface area contributed by atoms with Crippen molar-refractivity contribution in [1.82, 2.24) is 20.1 Å². The summed E-state index contributed by atoms with van der Waals surface area (Å²) in [5.41, 5.74) is 4.05. The highest BCUT2D eigenvalue weighted by Crippen LogP contribution is 2.26. The number of aliphatic imine (C=N–C) groups is 1. The van der Waals surface area contributed by atoms with Crippen LogP contribution in [0.25, 0.3) is 0 Å². The first-order valence-corrected chi connectivity index (χ1v) is 11.3. The Hall–Kier alpha value is -1.73. The van der Waals surface area contributed by atoms with Gasteiger partial charge in [0.05, 0.1) is 0 Å². The van der Waals surface area contributed by atoms with Crippen molar-refractivity contribution in [2.75, 3.05) is 33.2 Å². The number of piperazine rings is 1. The van der Waals surface area contributed by atoms with Gasteiger partial charge in [-0.1, -0.05) is 37.3 Å². The second-order valence-electron chi connectivity index (χ2n) is 7.62. The molecule has 1 saturated heterocycles. The van der Waals surface area contributed by atoms with Crippen molar-refractivity contribution in [3.8, 4) is 0 Å². The van der Waals surface area contributed by atoms with E-state index in [1.54, 1.807) is 0 Å². The van der Waals surface area contributed by atoms with Crippen LogP contribution >= 0.6 is 11.8 Å². The zero-order valence-electron chi connectivity index (χ0n) is 17.9. The highest BCUT2D eigenvalue weighted by atomic mass is 32.2. The summed E-state index contributed by atoms with van der Waals surface area (Å²) in [7, 11) is 1.94.